The lowest BCUT2D eigenvalue weighted by Gasteiger charge is -2.15. The van der Waals surface area contributed by atoms with E-state index in [0.29, 0.717) is 13.0 Å². The molecule has 0 aliphatic rings. The zero-order chi connectivity index (χ0) is 15.1. The van der Waals surface area contributed by atoms with E-state index in [2.05, 4.69) is 6.92 Å². The van der Waals surface area contributed by atoms with E-state index in [9.17, 15) is 9.90 Å². The van der Waals surface area contributed by atoms with Gasteiger partial charge in [0.25, 0.3) is 0 Å². The van der Waals surface area contributed by atoms with Crippen LogP contribution in [0.15, 0.2) is 54.6 Å². The Morgan fingerprint density at radius 2 is 1.76 bits per heavy atom. The van der Waals surface area contributed by atoms with Crippen molar-refractivity contribution >= 4 is 5.97 Å². The molecule has 0 saturated heterocycles. The quantitative estimate of drug-likeness (QED) is 0.839. The molecule has 0 aliphatic heterocycles. The van der Waals surface area contributed by atoms with Gasteiger partial charge >= 0.3 is 5.97 Å². The van der Waals surface area contributed by atoms with Crippen molar-refractivity contribution in [1.82, 2.24) is 0 Å². The largest absolute Gasteiger partial charge is 0.493 e. The number of aliphatic carboxylic acids is 1. The summed E-state index contributed by atoms with van der Waals surface area (Å²) in [7, 11) is 0. The molecule has 0 aromatic heterocycles. The highest BCUT2D eigenvalue weighted by Crippen LogP contribution is 2.22. The van der Waals surface area contributed by atoms with E-state index < -0.39 is 11.9 Å². The Bertz CT molecular complexity index is 578. The molecule has 3 nitrogen and oxygen atoms in total. The van der Waals surface area contributed by atoms with Gasteiger partial charge < -0.3 is 9.84 Å². The van der Waals surface area contributed by atoms with E-state index in [1.807, 2.05) is 54.6 Å². The van der Waals surface area contributed by atoms with Crippen LogP contribution < -0.4 is 4.74 Å². The SMILES string of the molecule is CCc1ccccc1OCCC(C(=O)O)c1ccccc1. The second-order valence-corrected chi connectivity index (χ2v) is 4.90. The second kappa shape index (κ2) is 7.48. The Morgan fingerprint density at radius 1 is 1.10 bits per heavy atom. The smallest absolute Gasteiger partial charge is 0.311 e. The predicted octanol–water partition coefficient (Wildman–Crippen LogP) is 3.89. The topological polar surface area (TPSA) is 46.5 Å². The number of hydrogen-bond acceptors (Lipinski definition) is 2. The van der Waals surface area contributed by atoms with Crippen LogP contribution >= 0.6 is 0 Å². The summed E-state index contributed by atoms with van der Waals surface area (Å²) >= 11 is 0. The molecule has 0 saturated carbocycles. The van der Waals surface area contributed by atoms with Crippen LogP contribution in [-0.2, 0) is 11.2 Å². The standard InChI is InChI=1S/C18H20O3/c1-2-14-8-6-7-11-17(14)21-13-12-16(18(19)20)15-9-4-3-5-10-15/h3-11,16H,2,12-13H2,1H3,(H,19,20). The Hall–Kier alpha value is -2.29. The van der Waals surface area contributed by atoms with Crippen LogP contribution in [0.2, 0.25) is 0 Å². The highest BCUT2D eigenvalue weighted by molar-refractivity contribution is 5.76. The van der Waals surface area contributed by atoms with E-state index in [1.165, 1.54) is 0 Å². The van der Waals surface area contributed by atoms with Crippen molar-refractivity contribution in [2.24, 2.45) is 0 Å². The Kier molecular flexibility index (Phi) is 5.38. The molecule has 1 atom stereocenters. The molecule has 0 amide bonds. The number of para-hydroxylation sites is 1. The number of carbonyl (C=O) groups is 1. The van der Waals surface area contributed by atoms with Crippen molar-refractivity contribution in [2.45, 2.75) is 25.7 Å². The van der Waals surface area contributed by atoms with Crippen molar-refractivity contribution in [2.75, 3.05) is 6.61 Å². The maximum atomic E-state index is 11.4. The number of rotatable bonds is 7. The predicted molar refractivity (Wildman–Crippen MR) is 82.8 cm³/mol. The average Bonchev–Trinajstić information content (AvgIpc) is 2.52. The van der Waals surface area contributed by atoms with Gasteiger partial charge in [0.2, 0.25) is 0 Å². The summed E-state index contributed by atoms with van der Waals surface area (Å²) in [6.45, 7) is 2.47. The Balaban J connectivity index is 1.99. The van der Waals surface area contributed by atoms with Crippen molar-refractivity contribution < 1.29 is 14.6 Å². The number of hydrogen-bond donors (Lipinski definition) is 1. The molecule has 2 aromatic rings. The lowest BCUT2D eigenvalue weighted by Crippen LogP contribution is -2.15. The molecule has 110 valence electrons. The minimum absolute atomic E-state index is 0.392. The van der Waals surface area contributed by atoms with E-state index in [4.69, 9.17) is 4.74 Å². The fourth-order valence-electron chi connectivity index (χ4n) is 2.34. The highest BCUT2D eigenvalue weighted by atomic mass is 16.5. The lowest BCUT2D eigenvalue weighted by molar-refractivity contribution is -0.139. The van der Waals surface area contributed by atoms with Gasteiger partial charge in [-0.05, 0) is 30.0 Å². The summed E-state index contributed by atoms with van der Waals surface area (Å²) in [5, 5.41) is 9.37. The van der Waals surface area contributed by atoms with Gasteiger partial charge in [0, 0.05) is 0 Å². The van der Waals surface area contributed by atoms with Crippen LogP contribution in [0.4, 0.5) is 0 Å². The van der Waals surface area contributed by atoms with Gasteiger partial charge in [-0.2, -0.15) is 0 Å². The maximum Gasteiger partial charge on any atom is 0.311 e. The fraction of sp³-hybridized carbons (Fsp3) is 0.278. The van der Waals surface area contributed by atoms with Crippen LogP contribution in [0.1, 0.15) is 30.4 Å². The molecule has 1 unspecified atom stereocenters. The molecule has 1 N–H and O–H groups in total. The lowest BCUT2D eigenvalue weighted by atomic mass is 9.96. The number of ether oxygens (including phenoxy) is 1. The normalized spacial score (nSPS) is 11.9. The third kappa shape index (κ3) is 4.09. The molecule has 0 aliphatic carbocycles. The Labute approximate surface area is 125 Å². The number of carboxylic acid groups (broad SMARTS) is 1. The molecule has 0 heterocycles. The first-order valence-corrected chi connectivity index (χ1v) is 7.20. The van der Waals surface area contributed by atoms with Gasteiger partial charge in [-0.25, -0.2) is 0 Å². The van der Waals surface area contributed by atoms with Crippen LogP contribution in [0.25, 0.3) is 0 Å². The first kappa shape index (κ1) is 15.1. The van der Waals surface area contributed by atoms with Gasteiger partial charge in [0.1, 0.15) is 5.75 Å². The molecular formula is C18H20O3. The molecule has 21 heavy (non-hydrogen) atoms. The van der Waals surface area contributed by atoms with Gasteiger partial charge in [-0.3, -0.25) is 4.79 Å². The third-order valence-electron chi connectivity index (χ3n) is 3.52. The van der Waals surface area contributed by atoms with Gasteiger partial charge in [0.15, 0.2) is 0 Å². The Morgan fingerprint density at radius 3 is 2.43 bits per heavy atom. The summed E-state index contributed by atoms with van der Waals surface area (Å²) < 4.78 is 5.77. The molecule has 0 bridgehead atoms. The summed E-state index contributed by atoms with van der Waals surface area (Å²) in [6.07, 6.45) is 1.36. The van der Waals surface area contributed by atoms with E-state index in [-0.39, 0.29) is 0 Å². The van der Waals surface area contributed by atoms with Crippen LogP contribution in [0.3, 0.4) is 0 Å². The van der Waals surface area contributed by atoms with Gasteiger partial charge in [-0.15, -0.1) is 0 Å². The summed E-state index contributed by atoms with van der Waals surface area (Å²) in [4.78, 5) is 11.4. The number of benzene rings is 2. The molecule has 3 heteroatoms. The average molecular weight is 284 g/mol. The van der Waals surface area contributed by atoms with Crippen molar-refractivity contribution in [3.05, 3.63) is 65.7 Å². The van der Waals surface area contributed by atoms with Crippen molar-refractivity contribution in [3.8, 4) is 5.75 Å². The molecule has 0 radical (unpaired) electrons. The summed E-state index contributed by atoms with van der Waals surface area (Å²) in [6, 6.07) is 17.2. The first-order valence-electron chi connectivity index (χ1n) is 7.20. The number of aryl methyl sites for hydroxylation is 1. The molecule has 2 rings (SSSR count). The van der Waals surface area contributed by atoms with E-state index >= 15 is 0 Å². The van der Waals surface area contributed by atoms with Crippen molar-refractivity contribution in [1.29, 1.82) is 0 Å². The van der Waals surface area contributed by atoms with E-state index in [1.54, 1.807) is 0 Å². The molecule has 2 aromatic carbocycles. The summed E-state index contributed by atoms with van der Waals surface area (Å²) in [5.41, 5.74) is 1.96. The zero-order valence-electron chi connectivity index (χ0n) is 12.2. The fourth-order valence-corrected chi connectivity index (χ4v) is 2.34. The van der Waals surface area contributed by atoms with Crippen LogP contribution in [0, 0.1) is 0 Å². The van der Waals surface area contributed by atoms with Gasteiger partial charge in [-0.1, -0.05) is 55.5 Å². The highest BCUT2D eigenvalue weighted by Gasteiger charge is 2.19. The minimum atomic E-state index is -0.812. The third-order valence-corrected chi connectivity index (χ3v) is 3.52. The number of carboxylic acids is 1. The van der Waals surface area contributed by atoms with E-state index in [0.717, 1.165) is 23.3 Å². The second-order valence-electron chi connectivity index (χ2n) is 4.90. The van der Waals surface area contributed by atoms with Crippen molar-refractivity contribution in [3.63, 3.8) is 0 Å². The molecule has 0 fully saturated rings. The minimum Gasteiger partial charge on any atom is -0.493 e. The maximum absolute atomic E-state index is 11.4. The molecule has 0 spiro atoms. The zero-order valence-corrected chi connectivity index (χ0v) is 12.2. The first-order chi connectivity index (χ1) is 10.2. The van der Waals surface area contributed by atoms with Crippen LogP contribution in [-0.4, -0.2) is 17.7 Å². The monoisotopic (exact) mass is 284 g/mol. The van der Waals surface area contributed by atoms with Gasteiger partial charge in [0.05, 0.1) is 12.5 Å². The molecular weight excluding hydrogens is 264 g/mol. The van der Waals surface area contributed by atoms with Crippen LogP contribution in [0.5, 0.6) is 5.75 Å². The summed E-state index contributed by atoms with van der Waals surface area (Å²) in [5.74, 6) is -0.495.